The van der Waals surface area contributed by atoms with Gasteiger partial charge in [-0.15, -0.1) is 0 Å². The van der Waals surface area contributed by atoms with Crippen LogP contribution in [0.5, 0.6) is 5.75 Å². The molecule has 168 valence electrons. The average molecular weight is 446 g/mol. The third-order valence-electron chi connectivity index (χ3n) is 5.45. The number of ether oxygens (including phenoxy) is 1. The quantitative estimate of drug-likeness (QED) is 0.605. The van der Waals surface area contributed by atoms with Crippen LogP contribution in [0.3, 0.4) is 0 Å². The molecule has 8 heteroatoms. The van der Waals surface area contributed by atoms with Crippen LogP contribution in [0.4, 0.5) is 0 Å². The molecule has 0 atom stereocenters. The summed E-state index contributed by atoms with van der Waals surface area (Å²) in [6, 6.07) is 17.0. The minimum absolute atomic E-state index is 0.0692. The standard InChI is InChI=1S/C23H31N3O4S/c1-30-22-11-9-21(10-12-22)23(27)25(15-5-8-20-6-3-2-4-7-20)18-19-31(28,29)26-16-13-24-14-17-26/h2-4,6-7,9-12,24H,5,8,13-19H2,1H3. The third-order valence-corrected chi connectivity index (χ3v) is 7.30. The number of nitrogens with one attached hydrogen (secondary N) is 1. The Bertz CT molecular complexity index is 927. The largest absolute Gasteiger partial charge is 0.497 e. The first-order valence-corrected chi connectivity index (χ1v) is 12.3. The van der Waals surface area contributed by atoms with Gasteiger partial charge in [-0.1, -0.05) is 30.3 Å². The third kappa shape index (κ3) is 6.78. The molecule has 1 aliphatic heterocycles. The number of hydrogen-bond donors (Lipinski definition) is 1. The number of methoxy groups -OCH3 is 1. The molecule has 2 aromatic carbocycles. The molecule has 2 aromatic rings. The molecule has 1 heterocycles. The highest BCUT2D eigenvalue weighted by Crippen LogP contribution is 2.15. The van der Waals surface area contributed by atoms with Gasteiger partial charge in [0, 0.05) is 44.8 Å². The average Bonchev–Trinajstić information content (AvgIpc) is 2.82. The lowest BCUT2D eigenvalue weighted by Crippen LogP contribution is -2.48. The van der Waals surface area contributed by atoms with Gasteiger partial charge < -0.3 is 15.0 Å². The van der Waals surface area contributed by atoms with Crippen LogP contribution in [0, 0.1) is 0 Å². The van der Waals surface area contributed by atoms with Gasteiger partial charge in [0.25, 0.3) is 5.91 Å². The Hall–Kier alpha value is -2.42. The summed E-state index contributed by atoms with van der Waals surface area (Å²) >= 11 is 0. The van der Waals surface area contributed by atoms with E-state index < -0.39 is 10.0 Å². The van der Waals surface area contributed by atoms with E-state index in [2.05, 4.69) is 17.4 Å². The van der Waals surface area contributed by atoms with Crippen LogP contribution < -0.4 is 10.1 Å². The Morgan fingerprint density at radius 1 is 1.03 bits per heavy atom. The second-order valence-electron chi connectivity index (χ2n) is 7.57. The fourth-order valence-corrected chi connectivity index (χ4v) is 5.08. The summed E-state index contributed by atoms with van der Waals surface area (Å²) in [5.74, 6) is 0.444. The second kappa shape index (κ2) is 11.3. The van der Waals surface area contributed by atoms with Gasteiger partial charge >= 0.3 is 0 Å². The van der Waals surface area contributed by atoms with E-state index in [9.17, 15) is 13.2 Å². The molecule has 0 bridgehead atoms. The Kier molecular flexibility index (Phi) is 8.45. The lowest BCUT2D eigenvalue weighted by atomic mass is 10.1. The van der Waals surface area contributed by atoms with Gasteiger partial charge in [0.05, 0.1) is 12.9 Å². The Labute approximate surface area is 185 Å². The molecule has 1 aliphatic rings. The molecule has 31 heavy (non-hydrogen) atoms. The predicted molar refractivity (Wildman–Crippen MR) is 122 cm³/mol. The van der Waals surface area contributed by atoms with E-state index in [4.69, 9.17) is 4.74 Å². The van der Waals surface area contributed by atoms with Crippen LogP contribution in [0.1, 0.15) is 22.3 Å². The van der Waals surface area contributed by atoms with Crippen molar-refractivity contribution in [2.24, 2.45) is 0 Å². The van der Waals surface area contributed by atoms with E-state index in [0.717, 1.165) is 12.8 Å². The second-order valence-corrected chi connectivity index (χ2v) is 9.66. The minimum Gasteiger partial charge on any atom is -0.497 e. The zero-order valence-electron chi connectivity index (χ0n) is 18.0. The van der Waals surface area contributed by atoms with E-state index in [-0.39, 0.29) is 18.2 Å². The van der Waals surface area contributed by atoms with Crippen molar-refractivity contribution in [1.82, 2.24) is 14.5 Å². The number of carbonyl (C=O) groups excluding carboxylic acids is 1. The highest BCUT2D eigenvalue weighted by molar-refractivity contribution is 7.89. The molecule has 3 rings (SSSR count). The van der Waals surface area contributed by atoms with Crippen molar-refractivity contribution >= 4 is 15.9 Å². The first-order chi connectivity index (χ1) is 15.0. The normalized spacial score (nSPS) is 14.9. The van der Waals surface area contributed by atoms with Crippen LogP contribution in [0.15, 0.2) is 54.6 Å². The molecule has 1 amide bonds. The van der Waals surface area contributed by atoms with Crippen LogP contribution in [0.25, 0.3) is 0 Å². The number of piperazine rings is 1. The van der Waals surface area contributed by atoms with Crippen molar-refractivity contribution in [3.63, 3.8) is 0 Å². The van der Waals surface area contributed by atoms with E-state index in [0.29, 0.717) is 44.0 Å². The van der Waals surface area contributed by atoms with Crippen LogP contribution in [-0.4, -0.2) is 75.7 Å². The fourth-order valence-electron chi connectivity index (χ4n) is 3.63. The number of amides is 1. The molecule has 0 radical (unpaired) electrons. The van der Waals surface area contributed by atoms with Crippen molar-refractivity contribution in [2.45, 2.75) is 12.8 Å². The fraction of sp³-hybridized carbons (Fsp3) is 0.435. The van der Waals surface area contributed by atoms with E-state index in [1.54, 1.807) is 36.3 Å². The first-order valence-electron chi connectivity index (χ1n) is 10.7. The number of benzene rings is 2. The lowest BCUT2D eigenvalue weighted by Gasteiger charge is -2.28. The first kappa shape index (κ1) is 23.2. The van der Waals surface area contributed by atoms with Crippen LogP contribution in [0.2, 0.25) is 0 Å². The molecule has 1 fully saturated rings. The number of sulfonamides is 1. The zero-order valence-corrected chi connectivity index (χ0v) is 18.8. The maximum atomic E-state index is 13.1. The summed E-state index contributed by atoms with van der Waals surface area (Å²) in [7, 11) is -1.83. The molecule has 0 aromatic heterocycles. The summed E-state index contributed by atoms with van der Waals surface area (Å²) < 4.78 is 32.2. The van der Waals surface area contributed by atoms with Crippen molar-refractivity contribution in [2.75, 3.05) is 52.1 Å². The molecule has 0 saturated carbocycles. The summed E-state index contributed by atoms with van der Waals surface area (Å²) in [6.45, 7) is 2.93. The highest BCUT2D eigenvalue weighted by atomic mass is 32.2. The van der Waals surface area contributed by atoms with E-state index in [1.165, 1.54) is 9.87 Å². The van der Waals surface area contributed by atoms with Gasteiger partial charge in [-0.05, 0) is 42.7 Å². The maximum Gasteiger partial charge on any atom is 0.253 e. The molecular formula is C23H31N3O4S. The topological polar surface area (TPSA) is 79.0 Å². The molecule has 0 aliphatic carbocycles. The molecule has 1 N–H and O–H groups in total. The molecule has 0 spiro atoms. The number of hydrogen-bond acceptors (Lipinski definition) is 5. The van der Waals surface area contributed by atoms with Crippen molar-refractivity contribution in [3.8, 4) is 5.75 Å². The summed E-state index contributed by atoms with van der Waals surface area (Å²) in [5.41, 5.74) is 1.73. The lowest BCUT2D eigenvalue weighted by molar-refractivity contribution is 0.0763. The van der Waals surface area contributed by atoms with Gasteiger partial charge in [0.2, 0.25) is 10.0 Å². The summed E-state index contributed by atoms with van der Waals surface area (Å²) in [6.07, 6.45) is 1.59. The molecule has 1 saturated heterocycles. The molecule has 0 unspecified atom stereocenters. The Morgan fingerprint density at radius 3 is 2.35 bits per heavy atom. The smallest absolute Gasteiger partial charge is 0.253 e. The van der Waals surface area contributed by atoms with Gasteiger partial charge in [-0.3, -0.25) is 4.79 Å². The highest BCUT2D eigenvalue weighted by Gasteiger charge is 2.26. The summed E-state index contributed by atoms with van der Waals surface area (Å²) in [4.78, 5) is 14.8. The number of nitrogens with zero attached hydrogens (tertiary/aromatic N) is 2. The minimum atomic E-state index is -3.40. The van der Waals surface area contributed by atoms with Crippen molar-refractivity contribution in [1.29, 1.82) is 0 Å². The zero-order chi connectivity index (χ0) is 22.1. The monoisotopic (exact) mass is 445 g/mol. The van der Waals surface area contributed by atoms with E-state index in [1.807, 2.05) is 18.2 Å². The molecular weight excluding hydrogens is 414 g/mol. The Balaban J connectivity index is 1.67. The SMILES string of the molecule is COc1ccc(C(=O)N(CCCc2ccccc2)CCS(=O)(=O)N2CCNCC2)cc1. The van der Waals surface area contributed by atoms with Crippen molar-refractivity contribution < 1.29 is 17.9 Å². The number of aryl methyl sites for hydroxylation is 1. The van der Waals surface area contributed by atoms with Crippen LogP contribution >= 0.6 is 0 Å². The van der Waals surface area contributed by atoms with Gasteiger partial charge in [0.15, 0.2) is 0 Å². The number of rotatable bonds is 10. The van der Waals surface area contributed by atoms with Crippen molar-refractivity contribution in [3.05, 3.63) is 65.7 Å². The Morgan fingerprint density at radius 2 is 1.71 bits per heavy atom. The van der Waals surface area contributed by atoms with Crippen LogP contribution in [-0.2, 0) is 16.4 Å². The van der Waals surface area contributed by atoms with Gasteiger partial charge in [-0.25, -0.2) is 8.42 Å². The van der Waals surface area contributed by atoms with Gasteiger partial charge in [-0.2, -0.15) is 4.31 Å². The van der Waals surface area contributed by atoms with E-state index >= 15 is 0 Å². The van der Waals surface area contributed by atoms with Gasteiger partial charge in [0.1, 0.15) is 5.75 Å². The molecule has 7 nitrogen and oxygen atoms in total. The number of carbonyl (C=O) groups is 1. The predicted octanol–water partition coefficient (Wildman–Crippen LogP) is 2.01. The summed E-state index contributed by atoms with van der Waals surface area (Å²) in [5, 5.41) is 3.16. The maximum absolute atomic E-state index is 13.1.